The lowest BCUT2D eigenvalue weighted by Gasteiger charge is -2.22. The lowest BCUT2D eigenvalue weighted by Crippen LogP contribution is -2.42. The monoisotopic (exact) mass is 323 g/mol. The molecule has 1 aromatic carbocycles. The fraction of sp³-hybridized carbons (Fsp3) is 0.389. The predicted molar refractivity (Wildman–Crippen MR) is 91.0 cm³/mol. The zero-order valence-corrected chi connectivity index (χ0v) is 13.5. The number of amides is 2. The Balaban J connectivity index is 1.54. The van der Waals surface area contributed by atoms with Crippen LogP contribution in [0.15, 0.2) is 30.5 Å². The van der Waals surface area contributed by atoms with Crippen LogP contribution < -0.4 is 10.6 Å². The number of imidazole rings is 1. The first-order chi connectivity index (χ1) is 11.7. The second-order valence-corrected chi connectivity index (χ2v) is 6.10. The molecule has 2 aromatic rings. The molecule has 0 spiro atoms. The molecule has 24 heavy (non-hydrogen) atoms. The van der Waals surface area contributed by atoms with Crippen LogP contribution in [0.3, 0.4) is 0 Å². The molecule has 1 heterocycles. The van der Waals surface area contributed by atoms with Crippen LogP contribution in [-0.4, -0.2) is 22.0 Å². The van der Waals surface area contributed by atoms with Crippen molar-refractivity contribution < 1.29 is 4.79 Å². The maximum Gasteiger partial charge on any atom is 0.315 e. The summed E-state index contributed by atoms with van der Waals surface area (Å²) < 4.78 is 0. The van der Waals surface area contributed by atoms with Crippen molar-refractivity contribution >= 4 is 6.03 Å². The number of hydrogen-bond acceptors (Lipinski definition) is 3. The van der Waals surface area contributed by atoms with Crippen molar-refractivity contribution in [3.05, 3.63) is 41.9 Å². The first-order valence-corrected chi connectivity index (χ1v) is 8.33. The van der Waals surface area contributed by atoms with Gasteiger partial charge in [0.15, 0.2) is 0 Å². The number of carbonyl (C=O) groups is 1. The maximum atomic E-state index is 11.9. The van der Waals surface area contributed by atoms with E-state index >= 15 is 0 Å². The fourth-order valence-electron chi connectivity index (χ4n) is 3.00. The molecule has 2 amide bonds. The van der Waals surface area contributed by atoms with E-state index in [1.54, 1.807) is 18.3 Å². The molecule has 1 saturated carbocycles. The summed E-state index contributed by atoms with van der Waals surface area (Å²) in [5, 5.41) is 14.8. The minimum atomic E-state index is -0.147. The molecule has 0 bridgehead atoms. The van der Waals surface area contributed by atoms with E-state index in [1.807, 2.05) is 12.1 Å². The van der Waals surface area contributed by atoms with Crippen LogP contribution in [0.2, 0.25) is 0 Å². The Labute approximate surface area is 141 Å². The molecule has 0 unspecified atom stereocenters. The number of carbonyl (C=O) groups excluding carboxylic acids is 1. The minimum Gasteiger partial charge on any atom is -0.341 e. The number of nitrogens with one attached hydrogen (secondary N) is 3. The molecule has 0 aliphatic heterocycles. The Morgan fingerprint density at radius 1 is 1.33 bits per heavy atom. The van der Waals surface area contributed by atoms with E-state index in [2.05, 4.69) is 26.7 Å². The van der Waals surface area contributed by atoms with Gasteiger partial charge in [-0.15, -0.1) is 0 Å². The Morgan fingerprint density at radius 3 is 2.96 bits per heavy atom. The summed E-state index contributed by atoms with van der Waals surface area (Å²) in [6.45, 7) is 0.344. The van der Waals surface area contributed by atoms with Crippen LogP contribution in [0.4, 0.5) is 4.79 Å². The van der Waals surface area contributed by atoms with Crippen molar-refractivity contribution in [2.24, 2.45) is 0 Å². The van der Waals surface area contributed by atoms with E-state index in [-0.39, 0.29) is 6.03 Å². The topological polar surface area (TPSA) is 93.6 Å². The van der Waals surface area contributed by atoms with Crippen LogP contribution in [0.1, 0.15) is 43.5 Å². The number of aromatic amines is 1. The Kier molecular flexibility index (Phi) is 5.12. The zero-order chi connectivity index (χ0) is 16.8. The lowest BCUT2D eigenvalue weighted by molar-refractivity contribution is 0.232. The maximum absolute atomic E-state index is 11.9. The largest absolute Gasteiger partial charge is 0.341 e. The summed E-state index contributed by atoms with van der Waals surface area (Å²) in [7, 11) is 0. The van der Waals surface area contributed by atoms with Crippen LogP contribution in [0.5, 0.6) is 0 Å². The van der Waals surface area contributed by atoms with Crippen molar-refractivity contribution in [3.8, 4) is 17.3 Å². The predicted octanol–water partition coefficient (Wildman–Crippen LogP) is 3.08. The van der Waals surface area contributed by atoms with Crippen molar-refractivity contribution in [2.45, 2.75) is 44.7 Å². The molecule has 0 radical (unpaired) electrons. The van der Waals surface area contributed by atoms with Crippen LogP contribution >= 0.6 is 0 Å². The van der Waals surface area contributed by atoms with Crippen molar-refractivity contribution in [1.82, 2.24) is 20.6 Å². The van der Waals surface area contributed by atoms with Gasteiger partial charge < -0.3 is 15.6 Å². The van der Waals surface area contributed by atoms with Crippen molar-refractivity contribution in [2.75, 3.05) is 0 Å². The average molecular weight is 323 g/mol. The van der Waals surface area contributed by atoms with Gasteiger partial charge in [0.25, 0.3) is 0 Å². The number of urea groups is 1. The van der Waals surface area contributed by atoms with Gasteiger partial charge >= 0.3 is 6.03 Å². The Bertz CT molecular complexity index is 740. The van der Waals surface area contributed by atoms with E-state index in [9.17, 15) is 4.79 Å². The number of H-pyrrole nitrogens is 1. The molecule has 124 valence electrons. The molecule has 1 aliphatic rings. The Hall–Kier alpha value is -2.81. The summed E-state index contributed by atoms with van der Waals surface area (Å²) in [4.78, 5) is 19.4. The lowest BCUT2D eigenvalue weighted by atomic mass is 9.96. The zero-order valence-electron chi connectivity index (χ0n) is 13.5. The standard InChI is InChI=1S/C18H21N5O/c19-10-13-5-4-6-14(9-13)16-11-20-17(23-16)12-21-18(24)22-15-7-2-1-3-8-15/h4-6,9,11,15H,1-3,7-8,12H2,(H,20,23)(H2,21,22,24). The summed E-state index contributed by atoms with van der Waals surface area (Å²) >= 11 is 0. The molecule has 0 saturated heterocycles. The molecule has 3 rings (SSSR count). The smallest absolute Gasteiger partial charge is 0.315 e. The number of nitriles is 1. The summed E-state index contributed by atoms with van der Waals surface area (Å²) in [6, 6.07) is 9.59. The summed E-state index contributed by atoms with van der Waals surface area (Å²) in [6.07, 6.45) is 7.48. The molecule has 0 atom stereocenters. The molecule has 3 N–H and O–H groups in total. The molecule has 1 fully saturated rings. The second kappa shape index (κ2) is 7.64. The molecule has 1 aliphatic carbocycles. The van der Waals surface area contributed by atoms with Crippen molar-refractivity contribution in [3.63, 3.8) is 0 Å². The third-order valence-electron chi connectivity index (χ3n) is 4.29. The van der Waals surface area contributed by atoms with Gasteiger partial charge in [0.05, 0.1) is 30.1 Å². The van der Waals surface area contributed by atoms with Gasteiger partial charge in [0.2, 0.25) is 0 Å². The molecular weight excluding hydrogens is 302 g/mol. The highest BCUT2D eigenvalue weighted by atomic mass is 16.2. The highest BCUT2D eigenvalue weighted by Crippen LogP contribution is 2.18. The second-order valence-electron chi connectivity index (χ2n) is 6.10. The molecule has 6 heteroatoms. The number of rotatable bonds is 4. The number of aromatic nitrogens is 2. The molecule has 1 aromatic heterocycles. The van der Waals surface area contributed by atoms with Gasteiger partial charge in [0, 0.05) is 11.6 Å². The summed E-state index contributed by atoms with van der Waals surface area (Å²) in [5.74, 6) is 0.686. The van der Waals surface area contributed by atoms with Crippen LogP contribution in [0.25, 0.3) is 11.3 Å². The van der Waals surface area contributed by atoms with Gasteiger partial charge in [-0.3, -0.25) is 0 Å². The highest BCUT2D eigenvalue weighted by molar-refractivity contribution is 5.74. The van der Waals surface area contributed by atoms with E-state index in [1.165, 1.54) is 19.3 Å². The van der Waals surface area contributed by atoms with Crippen LogP contribution in [0, 0.1) is 11.3 Å². The normalized spacial score (nSPS) is 14.8. The third-order valence-corrected chi connectivity index (χ3v) is 4.29. The van der Waals surface area contributed by atoms with E-state index in [4.69, 9.17) is 5.26 Å². The number of nitrogens with zero attached hydrogens (tertiary/aromatic N) is 2. The first-order valence-electron chi connectivity index (χ1n) is 8.33. The van der Waals surface area contributed by atoms with Gasteiger partial charge in [-0.05, 0) is 25.0 Å². The fourth-order valence-corrected chi connectivity index (χ4v) is 3.00. The van der Waals surface area contributed by atoms with Gasteiger partial charge in [-0.1, -0.05) is 31.4 Å². The average Bonchev–Trinajstić information content (AvgIpc) is 3.10. The number of benzene rings is 1. The Morgan fingerprint density at radius 2 is 2.17 bits per heavy atom. The third kappa shape index (κ3) is 4.13. The quantitative estimate of drug-likeness (QED) is 0.807. The van der Waals surface area contributed by atoms with E-state index in [0.717, 1.165) is 24.1 Å². The van der Waals surface area contributed by atoms with Crippen LogP contribution in [-0.2, 0) is 6.54 Å². The van der Waals surface area contributed by atoms with Crippen molar-refractivity contribution in [1.29, 1.82) is 5.26 Å². The molecular formula is C18H21N5O. The van der Waals surface area contributed by atoms with Gasteiger partial charge in [0.1, 0.15) is 5.82 Å². The molecule has 6 nitrogen and oxygen atoms in total. The highest BCUT2D eigenvalue weighted by Gasteiger charge is 2.15. The summed E-state index contributed by atoms with van der Waals surface area (Å²) in [5.41, 5.74) is 2.34. The van der Waals surface area contributed by atoms with Gasteiger partial charge in [-0.2, -0.15) is 5.26 Å². The number of hydrogen-bond donors (Lipinski definition) is 3. The first kappa shape index (κ1) is 16.1. The minimum absolute atomic E-state index is 0.147. The SMILES string of the molecule is N#Cc1cccc(-c2cnc(CNC(=O)NC3CCCCC3)[nH]2)c1. The van der Waals surface area contributed by atoms with E-state index in [0.29, 0.717) is 24.0 Å². The van der Waals surface area contributed by atoms with Gasteiger partial charge in [-0.25, -0.2) is 9.78 Å². The van der Waals surface area contributed by atoms with E-state index < -0.39 is 0 Å².